The molecule has 0 amide bonds. The molecule has 0 spiro atoms. The van der Waals surface area contributed by atoms with Crippen LogP contribution in [0.25, 0.3) is 0 Å². The van der Waals surface area contributed by atoms with Crippen molar-refractivity contribution in [3.8, 4) is 0 Å². The Hall–Kier alpha value is -0.580. The second-order valence-corrected chi connectivity index (χ2v) is 5.27. The molecule has 0 radical (unpaired) electrons. The predicted octanol–water partition coefficient (Wildman–Crippen LogP) is 3.02. The molecular weight excluding hydrogens is 262 g/mol. The molecular formula is C14H26ClN3O. The minimum absolute atomic E-state index is 0.531. The second-order valence-electron chi connectivity index (χ2n) is 4.89. The average molecular weight is 288 g/mol. The first-order valence-electron chi connectivity index (χ1n) is 7.15. The summed E-state index contributed by atoms with van der Waals surface area (Å²) in [7, 11) is 0. The van der Waals surface area contributed by atoms with Crippen LogP contribution in [0.15, 0.2) is 0 Å². The highest BCUT2D eigenvalue weighted by Crippen LogP contribution is 2.22. The molecule has 1 aromatic heterocycles. The highest BCUT2D eigenvalue weighted by atomic mass is 35.5. The lowest BCUT2D eigenvalue weighted by atomic mass is 10.3. The molecule has 1 N–H and O–H groups in total. The second kappa shape index (κ2) is 8.56. The van der Waals surface area contributed by atoms with E-state index in [-0.39, 0.29) is 0 Å². The minimum atomic E-state index is 0.531. The summed E-state index contributed by atoms with van der Waals surface area (Å²) >= 11 is 6.31. The van der Waals surface area contributed by atoms with Crippen molar-refractivity contribution in [3.05, 3.63) is 16.4 Å². The summed E-state index contributed by atoms with van der Waals surface area (Å²) in [5.74, 6) is 0. The van der Waals surface area contributed by atoms with Gasteiger partial charge in [0.25, 0.3) is 0 Å². The van der Waals surface area contributed by atoms with Gasteiger partial charge in [-0.15, -0.1) is 0 Å². The molecule has 1 rings (SSSR count). The molecule has 0 aromatic carbocycles. The van der Waals surface area contributed by atoms with Gasteiger partial charge in [0.2, 0.25) is 0 Å². The van der Waals surface area contributed by atoms with Gasteiger partial charge in [-0.3, -0.25) is 4.68 Å². The summed E-state index contributed by atoms with van der Waals surface area (Å²) in [6.07, 6.45) is 1.87. The van der Waals surface area contributed by atoms with Gasteiger partial charge in [-0.05, 0) is 26.3 Å². The Morgan fingerprint density at radius 2 is 2.11 bits per heavy atom. The SMILES string of the molecule is CCc1nn(CC)c(COCCCNC(C)C)c1Cl. The zero-order valence-electron chi connectivity index (χ0n) is 12.5. The fourth-order valence-electron chi connectivity index (χ4n) is 1.89. The first-order valence-corrected chi connectivity index (χ1v) is 7.53. The number of nitrogens with one attached hydrogen (secondary N) is 1. The maximum atomic E-state index is 6.31. The smallest absolute Gasteiger partial charge is 0.0900 e. The molecule has 0 fully saturated rings. The molecule has 110 valence electrons. The Kier molecular flexibility index (Phi) is 7.42. The minimum Gasteiger partial charge on any atom is -0.375 e. The van der Waals surface area contributed by atoms with E-state index in [1.165, 1.54) is 0 Å². The van der Waals surface area contributed by atoms with Crippen molar-refractivity contribution in [2.24, 2.45) is 0 Å². The topological polar surface area (TPSA) is 39.1 Å². The number of aromatic nitrogens is 2. The van der Waals surface area contributed by atoms with Crippen molar-refractivity contribution in [1.82, 2.24) is 15.1 Å². The summed E-state index contributed by atoms with van der Waals surface area (Å²) in [4.78, 5) is 0. The fraction of sp³-hybridized carbons (Fsp3) is 0.786. The van der Waals surface area contributed by atoms with Crippen LogP contribution in [0.4, 0.5) is 0 Å². The van der Waals surface area contributed by atoms with Crippen molar-refractivity contribution in [1.29, 1.82) is 0 Å². The Balaban J connectivity index is 2.38. The number of nitrogens with zero attached hydrogens (tertiary/aromatic N) is 2. The molecule has 0 bridgehead atoms. The van der Waals surface area contributed by atoms with Gasteiger partial charge in [0.1, 0.15) is 0 Å². The monoisotopic (exact) mass is 287 g/mol. The average Bonchev–Trinajstić information content (AvgIpc) is 2.69. The molecule has 19 heavy (non-hydrogen) atoms. The van der Waals surface area contributed by atoms with Gasteiger partial charge in [-0.1, -0.05) is 32.4 Å². The summed E-state index contributed by atoms with van der Waals surface area (Å²) < 4.78 is 7.64. The fourth-order valence-corrected chi connectivity index (χ4v) is 2.21. The van der Waals surface area contributed by atoms with E-state index in [0.717, 1.165) is 48.9 Å². The highest BCUT2D eigenvalue weighted by molar-refractivity contribution is 6.31. The van der Waals surface area contributed by atoms with Crippen molar-refractivity contribution in [2.45, 2.75) is 59.7 Å². The number of halogens is 1. The third-order valence-electron chi connectivity index (χ3n) is 2.95. The van der Waals surface area contributed by atoms with Crippen molar-refractivity contribution >= 4 is 11.6 Å². The molecule has 0 unspecified atom stereocenters. The van der Waals surface area contributed by atoms with Gasteiger partial charge in [0.05, 0.1) is 23.0 Å². The molecule has 5 heteroatoms. The van der Waals surface area contributed by atoms with Crippen molar-refractivity contribution in [2.75, 3.05) is 13.2 Å². The van der Waals surface area contributed by atoms with Crippen LogP contribution in [-0.2, 0) is 24.3 Å². The van der Waals surface area contributed by atoms with Gasteiger partial charge in [0.15, 0.2) is 0 Å². The van der Waals surface area contributed by atoms with Crippen LogP contribution in [0.2, 0.25) is 5.02 Å². The number of hydrogen-bond acceptors (Lipinski definition) is 3. The van der Waals surface area contributed by atoms with E-state index < -0.39 is 0 Å². The van der Waals surface area contributed by atoms with Crippen molar-refractivity contribution < 1.29 is 4.74 Å². The third-order valence-corrected chi connectivity index (χ3v) is 3.39. The Morgan fingerprint density at radius 3 is 2.68 bits per heavy atom. The predicted molar refractivity (Wildman–Crippen MR) is 79.7 cm³/mol. The lowest BCUT2D eigenvalue weighted by molar-refractivity contribution is 0.112. The Bertz CT molecular complexity index is 377. The molecule has 0 atom stereocenters. The highest BCUT2D eigenvalue weighted by Gasteiger charge is 2.13. The summed E-state index contributed by atoms with van der Waals surface area (Å²) in [6.45, 7) is 11.5. The van der Waals surface area contributed by atoms with E-state index in [2.05, 4.69) is 38.1 Å². The van der Waals surface area contributed by atoms with Gasteiger partial charge in [-0.25, -0.2) is 0 Å². The number of ether oxygens (including phenoxy) is 1. The molecule has 0 aliphatic carbocycles. The lowest BCUT2D eigenvalue weighted by Crippen LogP contribution is -2.24. The summed E-state index contributed by atoms with van der Waals surface area (Å²) in [5.41, 5.74) is 1.96. The molecule has 0 saturated heterocycles. The first-order chi connectivity index (χ1) is 9.10. The molecule has 0 saturated carbocycles. The Morgan fingerprint density at radius 1 is 1.37 bits per heavy atom. The zero-order valence-corrected chi connectivity index (χ0v) is 13.3. The maximum absolute atomic E-state index is 6.31. The van der Waals surface area contributed by atoms with E-state index in [1.807, 2.05) is 4.68 Å². The van der Waals surface area contributed by atoms with Gasteiger partial charge in [0, 0.05) is 19.2 Å². The zero-order chi connectivity index (χ0) is 14.3. The molecule has 0 aliphatic rings. The van der Waals surface area contributed by atoms with E-state index in [1.54, 1.807) is 0 Å². The van der Waals surface area contributed by atoms with Crippen LogP contribution in [0.3, 0.4) is 0 Å². The van der Waals surface area contributed by atoms with Crippen LogP contribution in [0.1, 0.15) is 45.5 Å². The number of aryl methyl sites for hydroxylation is 2. The number of hydrogen-bond donors (Lipinski definition) is 1. The molecule has 1 aromatic rings. The standard InChI is InChI=1S/C14H26ClN3O/c1-5-12-14(15)13(18(6-2)17-12)10-19-9-7-8-16-11(3)4/h11,16H,5-10H2,1-4H3. The normalized spacial score (nSPS) is 11.5. The quantitative estimate of drug-likeness (QED) is 0.710. The van der Waals surface area contributed by atoms with Crippen LogP contribution in [0.5, 0.6) is 0 Å². The van der Waals surface area contributed by atoms with Crippen molar-refractivity contribution in [3.63, 3.8) is 0 Å². The van der Waals surface area contributed by atoms with Crippen LogP contribution < -0.4 is 5.32 Å². The van der Waals surface area contributed by atoms with E-state index in [4.69, 9.17) is 16.3 Å². The van der Waals surface area contributed by atoms with Crippen LogP contribution >= 0.6 is 11.6 Å². The third kappa shape index (κ3) is 5.13. The summed E-state index contributed by atoms with van der Waals surface area (Å²) in [6, 6.07) is 0.531. The molecule has 1 heterocycles. The molecule has 0 aliphatic heterocycles. The maximum Gasteiger partial charge on any atom is 0.0900 e. The lowest BCUT2D eigenvalue weighted by Gasteiger charge is -2.09. The van der Waals surface area contributed by atoms with Gasteiger partial charge in [-0.2, -0.15) is 5.10 Å². The van der Waals surface area contributed by atoms with Gasteiger partial charge < -0.3 is 10.1 Å². The number of rotatable bonds is 9. The Labute approximate surface area is 121 Å². The van der Waals surface area contributed by atoms with E-state index in [9.17, 15) is 0 Å². The summed E-state index contributed by atoms with van der Waals surface area (Å²) in [5, 5.41) is 8.61. The van der Waals surface area contributed by atoms with E-state index >= 15 is 0 Å². The van der Waals surface area contributed by atoms with E-state index in [0.29, 0.717) is 12.6 Å². The van der Waals surface area contributed by atoms with Crippen LogP contribution in [-0.4, -0.2) is 29.0 Å². The molecule has 4 nitrogen and oxygen atoms in total. The van der Waals surface area contributed by atoms with Gasteiger partial charge >= 0.3 is 0 Å². The first kappa shape index (κ1) is 16.5. The largest absolute Gasteiger partial charge is 0.375 e. The van der Waals surface area contributed by atoms with Crippen LogP contribution in [0, 0.1) is 0 Å².